The van der Waals surface area contributed by atoms with Crippen molar-refractivity contribution in [3.63, 3.8) is 0 Å². The maximum absolute atomic E-state index is 12.3. The molecule has 1 fully saturated rings. The van der Waals surface area contributed by atoms with Gasteiger partial charge in [-0.15, -0.1) is 0 Å². The summed E-state index contributed by atoms with van der Waals surface area (Å²) in [6.07, 6.45) is 1.04. The van der Waals surface area contributed by atoms with Gasteiger partial charge in [-0.2, -0.15) is 9.98 Å². The van der Waals surface area contributed by atoms with Crippen LogP contribution in [0.4, 0.5) is 17.5 Å². The van der Waals surface area contributed by atoms with Crippen molar-refractivity contribution in [3.8, 4) is 0 Å². The summed E-state index contributed by atoms with van der Waals surface area (Å²) < 4.78 is 11.4. The standard InChI is InChI=1S/C23H21ClN6O4/c24-16-5-1-4-15(11-16)22-33-13-20(34-22)29-19-8-10-27-23(30-19)28-17-6-2-3-14(12-17)21(32)26-9-7-18(25)31/h1-6,8,10-12,22H,7,9,13H2,(H2,25,31)(H,26,32)(H,27,28,30). The number of benzene rings is 2. The number of rotatable bonds is 8. The summed E-state index contributed by atoms with van der Waals surface area (Å²) in [4.78, 5) is 36.0. The Balaban J connectivity index is 1.40. The molecule has 1 aliphatic rings. The van der Waals surface area contributed by atoms with Gasteiger partial charge in [0.05, 0.1) is 0 Å². The zero-order valence-corrected chi connectivity index (χ0v) is 18.7. The van der Waals surface area contributed by atoms with Gasteiger partial charge in [0.2, 0.25) is 24.0 Å². The highest BCUT2D eigenvalue weighted by atomic mass is 35.5. The van der Waals surface area contributed by atoms with Crippen molar-refractivity contribution < 1.29 is 19.1 Å². The van der Waals surface area contributed by atoms with Crippen LogP contribution in [0, 0.1) is 0 Å². The first-order chi connectivity index (χ1) is 16.5. The fourth-order valence-electron chi connectivity index (χ4n) is 3.08. The van der Waals surface area contributed by atoms with Crippen molar-refractivity contribution in [1.82, 2.24) is 15.3 Å². The molecule has 1 aliphatic heterocycles. The summed E-state index contributed by atoms with van der Waals surface area (Å²) >= 11 is 6.03. The topological polar surface area (TPSA) is 141 Å². The van der Waals surface area contributed by atoms with Crippen LogP contribution in [0.15, 0.2) is 65.8 Å². The Morgan fingerprint density at radius 2 is 2.03 bits per heavy atom. The molecular weight excluding hydrogens is 460 g/mol. The molecule has 2 aromatic carbocycles. The summed E-state index contributed by atoms with van der Waals surface area (Å²) in [6.45, 7) is 0.359. The number of primary amides is 1. The van der Waals surface area contributed by atoms with E-state index in [0.717, 1.165) is 5.56 Å². The average Bonchev–Trinajstić information content (AvgIpc) is 3.28. The molecule has 4 rings (SSSR count). The number of carbonyl (C=O) groups excluding carboxylic acids is 2. The largest absolute Gasteiger partial charge is 0.445 e. The van der Waals surface area contributed by atoms with Crippen molar-refractivity contribution in [2.24, 2.45) is 10.7 Å². The molecule has 0 aliphatic carbocycles. The molecule has 0 radical (unpaired) electrons. The lowest BCUT2D eigenvalue weighted by molar-refractivity contribution is -0.117. The number of hydrogen-bond acceptors (Lipinski definition) is 8. The maximum atomic E-state index is 12.3. The van der Waals surface area contributed by atoms with Crippen molar-refractivity contribution >= 4 is 46.8 Å². The van der Waals surface area contributed by atoms with Gasteiger partial charge < -0.3 is 25.8 Å². The van der Waals surface area contributed by atoms with Crippen LogP contribution in [0.1, 0.15) is 28.6 Å². The minimum absolute atomic E-state index is 0.0708. The van der Waals surface area contributed by atoms with E-state index in [1.807, 2.05) is 12.1 Å². The SMILES string of the molecule is NC(=O)CCNC(=O)c1cccc(Nc2nccc(N=C3COC(c4cccc(Cl)c4)O3)n2)c1. The lowest BCUT2D eigenvalue weighted by Gasteiger charge is -2.09. The van der Waals surface area contributed by atoms with Crippen LogP contribution in [0.2, 0.25) is 5.02 Å². The molecule has 3 aromatic rings. The van der Waals surface area contributed by atoms with Crippen LogP contribution < -0.4 is 16.4 Å². The van der Waals surface area contributed by atoms with Crippen molar-refractivity contribution in [1.29, 1.82) is 0 Å². The molecule has 34 heavy (non-hydrogen) atoms. The lowest BCUT2D eigenvalue weighted by atomic mass is 10.2. The first kappa shape index (κ1) is 23.1. The Bertz CT molecular complexity index is 1240. The predicted molar refractivity (Wildman–Crippen MR) is 126 cm³/mol. The monoisotopic (exact) mass is 480 g/mol. The normalized spacial score (nSPS) is 16.1. The Labute approximate surface area is 200 Å². The number of hydrogen-bond donors (Lipinski definition) is 3. The maximum Gasteiger partial charge on any atom is 0.251 e. The number of nitrogens with zero attached hydrogens (tertiary/aromatic N) is 3. The number of amides is 2. The number of halogens is 1. The second-order valence-corrected chi connectivity index (χ2v) is 7.67. The fraction of sp³-hybridized carbons (Fsp3) is 0.174. The quantitative estimate of drug-likeness (QED) is 0.449. The van der Waals surface area contributed by atoms with E-state index in [1.54, 1.807) is 48.7 Å². The molecule has 1 aromatic heterocycles. The van der Waals surface area contributed by atoms with Gasteiger partial charge in [0, 0.05) is 47.1 Å². The van der Waals surface area contributed by atoms with Gasteiger partial charge in [0.25, 0.3) is 5.91 Å². The second kappa shape index (κ2) is 10.7. The highest BCUT2D eigenvalue weighted by Gasteiger charge is 2.24. The number of nitrogens with one attached hydrogen (secondary N) is 2. The Morgan fingerprint density at radius 1 is 1.18 bits per heavy atom. The first-order valence-corrected chi connectivity index (χ1v) is 10.7. The van der Waals surface area contributed by atoms with Crippen LogP contribution >= 0.6 is 11.6 Å². The Kier molecular flexibility index (Phi) is 7.31. The average molecular weight is 481 g/mol. The van der Waals surface area contributed by atoms with Gasteiger partial charge in [0.15, 0.2) is 5.82 Å². The molecule has 2 amide bonds. The predicted octanol–water partition coefficient (Wildman–Crippen LogP) is 3.25. The second-order valence-electron chi connectivity index (χ2n) is 7.24. The van der Waals surface area contributed by atoms with Crippen LogP contribution in [-0.4, -0.2) is 40.8 Å². The molecule has 11 heteroatoms. The minimum Gasteiger partial charge on any atom is -0.445 e. The number of anilines is 2. The lowest BCUT2D eigenvalue weighted by Crippen LogP contribution is -2.27. The summed E-state index contributed by atoms with van der Waals surface area (Å²) in [5, 5.41) is 6.28. The molecule has 1 atom stereocenters. The highest BCUT2D eigenvalue weighted by Crippen LogP contribution is 2.27. The molecule has 1 saturated heterocycles. The summed E-state index contributed by atoms with van der Waals surface area (Å²) in [6, 6.07) is 15.6. The third-order valence-electron chi connectivity index (χ3n) is 4.64. The van der Waals surface area contributed by atoms with Crippen LogP contribution in [0.3, 0.4) is 0 Å². The smallest absolute Gasteiger partial charge is 0.251 e. The summed E-state index contributed by atoms with van der Waals surface area (Å²) in [5.41, 5.74) is 6.90. The Morgan fingerprint density at radius 3 is 2.85 bits per heavy atom. The van der Waals surface area contributed by atoms with E-state index in [9.17, 15) is 9.59 Å². The summed E-state index contributed by atoms with van der Waals surface area (Å²) in [5.74, 6) is 0.246. The fourth-order valence-corrected chi connectivity index (χ4v) is 3.28. The van der Waals surface area contributed by atoms with E-state index in [-0.39, 0.29) is 25.5 Å². The van der Waals surface area contributed by atoms with Gasteiger partial charge >= 0.3 is 0 Å². The van der Waals surface area contributed by atoms with Gasteiger partial charge in [-0.05, 0) is 30.3 Å². The van der Waals surface area contributed by atoms with E-state index in [1.165, 1.54) is 0 Å². The van der Waals surface area contributed by atoms with Gasteiger partial charge in [-0.1, -0.05) is 29.8 Å². The van der Waals surface area contributed by atoms with E-state index in [0.29, 0.717) is 33.9 Å². The van der Waals surface area contributed by atoms with Gasteiger partial charge in [-0.3, -0.25) is 9.59 Å². The van der Waals surface area contributed by atoms with Crippen molar-refractivity contribution in [2.45, 2.75) is 12.7 Å². The van der Waals surface area contributed by atoms with E-state index >= 15 is 0 Å². The van der Waals surface area contributed by atoms with Crippen molar-refractivity contribution in [2.75, 3.05) is 18.5 Å². The zero-order valence-electron chi connectivity index (χ0n) is 17.9. The molecule has 0 saturated carbocycles. The molecule has 2 heterocycles. The third kappa shape index (κ3) is 6.27. The molecule has 4 N–H and O–H groups in total. The van der Waals surface area contributed by atoms with E-state index in [4.69, 9.17) is 26.8 Å². The first-order valence-electron chi connectivity index (χ1n) is 10.3. The minimum atomic E-state index is -0.589. The van der Waals surface area contributed by atoms with Crippen LogP contribution in [0.25, 0.3) is 0 Å². The number of aromatic nitrogens is 2. The third-order valence-corrected chi connectivity index (χ3v) is 4.88. The van der Waals surface area contributed by atoms with E-state index in [2.05, 4.69) is 25.6 Å². The van der Waals surface area contributed by atoms with Crippen LogP contribution in [-0.2, 0) is 14.3 Å². The number of nitrogens with two attached hydrogens (primary N) is 1. The van der Waals surface area contributed by atoms with Crippen LogP contribution in [0.5, 0.6) is 0 Å². The zero-order chi connectivity index (χ0) is 23.9. The van der Waals surface area contributed by atoms with Crippen molar-refractivity contribution in [3.05, 3.63) is 76.9 Å². The molecule has 0 bridgehead atoms. The highest BCUT2D eigenvalue weighted by molar-refractivity contribution is 6.30. The number of ether oxygens (including phenoxy) is 2. The molecule has 1 unspecified atom stereocenters. The molecule has 10 nitrogen and oxygen atoms in total. The van der Waals surface area contributed by atoms with Gasteiger partial charge in [-0.25, -0.2) is 4.98 Å². The molecule has 174 valence electrons. The number of carbonyl (C=O) groups is 2. The summed E-state index contributed by atoms with van der Waals surface area (Å²) in [7, 11) is 0. The van der Waals surface area contributed by atoms with Gasteiger partial charge in [0.1, 0.15) is 6.61 Å². The Hall–Kier alpha value is -4.02. The molecule has 0 spiro atoms. The number of aliphatic imine (C=N–C) groups is 1. The molecular formula is C23H21ClN6O4. The van der Waals surface area contributed by atoms with E-state index < -0.39 is 12.2 Å².